The molecular formula is C21H29N5O2. The number of hydrogen-bond acceptors (Lipinski definition) is 5. The number of piperidine rings is 1. The highest BCUT2D eigenvalue weighted by Gasteiger charge is 2.42. The van der Waals surface area contributed by atoms with Crippen LogP contribution in [0.4, 0.5) is 0 Å². The molecule has 7 nitrogen and oxygen atoms in total. The van der Waals surface area contributed by atoms with Crippen molar-refractivity contribution in [3.63, 3.8) is 0 Å². The van der Waals surface area contributed by atoms with Crippen LogP contribution >= 0.6 is 0 Å². The summed E-state index contributed by atoms with van der Waals surface area (Å²) in [4.78, 5) is 21.3. The van der Waals surface area contributed by atoms with Gasteiger partial charge in [0.2, 0.25) is 0 Å². The molecule has 0 saturated carbocycles. The molecule has 4 heterocycles. The summed E-state index contributed by atoms with van der Waals surface area (Å²) in [5.41, 5.74) is 2.13. The van der Waals surface area contributed by atoms with Gasteiger partial charge in [-0.3, -0.25) is 19.4 Å². The largest absolute Gasteiger partial charge is 0.364 e. The normalized spacial score (nSPS) is 24.9. The molecule has 2 fully saturated rings. The average molecular weight is 383 g/mol. The summed E-state index contributed by atoms with van der Waals surface area (Å²) in [5.74, 6) is 0.544. The first-order valence-corrected chi connectivity index (χ1v) is 10.2. The van der Waals surface area contributed by atoms with E-state index in [1.165, 1.54) is 5.56 Å². The van der Waals surface area contributed by atoms with Crippen LogP contribution in [0.3, 0.4) is 0 Å². The average Bonchev–Trinajstić information content (AvgIpc) is 3.34. The summed E-state index contributed by atoms with van der Waals surface area (Å²) in [7, 11) is 1.83. The molecule has 0 bridgehead atoms. The van der Waals surface area contributed by atoms with Gasteiger partial charge in [0, 0.05) is 44.6 Å². The van der Waals surface area contributed by atoms with Gasteiger partial charge in [-0.25, -0.2) is 0 Å². The maximum Gasteiger partial charge on any atom is 0.251 e. The number of aryl methyl sites for hydroxylation is 1. The van der Waals surface area contributed by atoms with Gasteiger partial charge < -0.3 is 9.64 Å². The number of carbonyl (C=O) groups is 1. The Hall–Kier alpha value is -2.25. The summed E-state index contributed by atoms with van der Waals surface area (Å²) in [6.45, 7) is 6.33. The Morgan fingerprint density at radius 1 is 1.39 bits per heavy atom. The van der Waals surface area contributed by atoms with E-state index in [-0.39, 0.29) is 18.1 Å². The van der Waals surface area contributed by atoms with E-state index >= 15 is 0 Å². The van der Waals surface area contributed by atoms with Crippen molar-refractivity contribution in [2.75, 3.05) is 20.1 Å². The third-order valence-electron chi connectivity index (χ3n) is 5.83. The van der Waals surface area contributed by atoms with Crippen molar-refractivity contribution in [2.45, 2.75) is 51.6 Å². The Morgan fingerprint density at radius 2 is 2.29 bits per heavy atom. The van der Waals surface area contributed by atoms with Crippen LogP contribution in [0.2, 0.25) is 0 Å². The van der Waals surface area contributed by atoms with E-state index in [0.717, 1.165) is 44.7 Å². The molecule has 2 aliphatic rings. The zero-order valence-corrected chi connectivity index (χ0v) is 16.7. The Morgan fingerprint density at radius 3 is 3.04 bits per heavy atom. The van der Waals surface area contributed by atoms with Gasteiger partial charge in [0.1, 0.15) is 6.10 Å². The molecule has 1 amide bonds. The first-order chi connectivity index (χ1) is 13.6. The van der Waals surface area contributed by atoms with Crippen LogP contribution in [0.1, 0.15) is 31.0 Å². The number of carbonyl (C=O) groups excluding carboxylic acids is 1. The van der Waals surface area contributed by atoms with E-state index < -0.39 is 0 Å². The third-order valence-corrected chi connectivity index (χ3v) is 5.83. The molecule has 0 spiro atoms. The van der Waals surface area contributed by atoms with Gasteiger partial charge in [-0.15, -0.1) is 0 Å². The summed E-state index contributed by atoms with van der Waals surface area (Å²) in [6, 6.07) is 5.77. The van der Waals surface area contributed by atoms with E-state index in [1.807, 2.05) is 36.1 Å². The number of rotatable bonds is 6. The van der Waals surface area contributed by atoms with Gasteiger partial charge in [-0.1, -0.05) is 6.07 Å². The van der Waals surface area contributed by atoms with Crippen molar-refractivity contribution in [3.05, 3.63) is 48.0 Å². The van der Waals surface area contributed by atoms with Crippen LogP contribution in [0.5, 0.6) is 0 Å². The fourth-order valence-corrected chi connectivity index (χ4v) is 4.27. The van der Waals surface area contributed by atoms with E-state index in [4.69, 9.17) is 4.74 Å². The summed E-state index contributed by atoms with van der Waals surface area (Å²) >= 11 is 0. The van der Waals surface area contributed by atoms with Crippen molar-refractivity contribution < 1.29 is 9.53 Å². The molecule has 2 aromatic rings. The number of amides is 1. The molecule has 0 aliphatic carbocycles. The van der Waals surface area contributed by atoms with Crippen molar-refractivity contribution in [2.24, 2.45) is 5.92 Å². The summed E-state index contributed by atoms with van der Waals surface area (Å²) in [5, 5.41) is 4.36. The molecule has 28 heavy (non-hydrogen) atoms. The standard InChI is InChI=1S/C21H29N5O2/c1-3-26-13-16(11-23-26)12-25-9-7-17-10-19(28-20(17)15-25)21(27)24(2)14-18-6-4-5-8-22-18/h4-6,8,11,13,17,19-20H,3,7,9-10,12,14-15H2,1-2H3/t17-,19+,20-/m0/s1. The Bertz CT molecular complexity index is 793. The predicted octanol–water partition coefficient (Wildman–Crippen LogP) is 1.94. The molecule has 3 atom stereocenters. The maximum absolute atomic E-state index is 12.8. The predicted molar refractivity (Wildman–Crippen MR) is 105 cm³/mol. The SMILES string of the molecule is CCn1cc(CN2CC[C@H]3C[C@H](C(=O)N(C)Cc4ccccn4)O[C@H]3C2)cn1. The molecule has 0 radical (unpaired) electrons. The van der Waals surface area contributed by atoms with Gasteiger partial charge in [-0.2, -0.15) is 5.10 Å². The van der Waals surface area contributed by atoms with Gasteiger partial charge in [-0.05, 0) is 44.4 Å². The zero-order valence-electron chi connectivity index (χ0n) is 16.7. The highest BCUT2D eigenvalue weighted by molar-refractivity contribution is 5.81. The van der Waals surface area contributed by atoms with Gasteiger partial charge >= 0.3 is 0 Å². The first kappa shape index (κ1) is 19.1. The highest BCUT2D eigenvalue weighted by Crippen LogP contribution is 2.34. The molecule has 7 heteroatoms. The molecule has 4 rings (SSSR count). The Labute approximate surface area is 166 Å². The second-order valence-electron chi connectivity index (χ2n) is 7.90. The van der Waals surface area contributed by atoms with Crippen molar-refractivity contribution in [3.8, 4) is 0 Å². The summed E-state index contributed by atoms with van der Waals surface area (Å²) < 4.78 is 8.16. The minimum absolute atomic E-state index is 0.0656. The molecular weight excluding hydrogens is 354 g/mol. The number of nitrogens with zero attached hydrogens (tertiary/aromatic N) is 5. The van der Waals surface area contributed by atoms with E-state index in [0.29, 0.717) is 12.5 Å². The minimum Gasteiger partial charge on any atom is -0.364 e. The molecule has 0 unspecified atom stereocenters. The zero-order chi connectivity index (χ0) is 19.5. The lowest BCUT2D eigenvalue weighted by atomic mass is 9.91. The maximum atomic E-state index is 12.8. The van der Waals surface area contributed by atoms with Crippen molar-refractivity contribution in [1.82, 2.24) is 24.6 Å². The van der Waals surface area contributed by atoms with Crippen LogP contribution in [0.15, 0.2) is 36.8 Å². The van der Waals surface area contributed by atoms with Crippen LogP contribution in [0.25, 0.3) is 0 Å². The molecule has 2 aliphatic heterocycles. The smallest absolute Gasteiger partial charge is 0.251 e. The highest BCUT2D eigenvalue weighted by atomic mass is 16.5. The minimum atomic E-state index is -0.327. The Kier molecular flexibility index (Phi) is 5.73. The van der Waals surface area contributed by atoms with Crippen molar-refractivity contribution >= 4 is 5.91 Å². The second-order valence-corrected chi connectivity index (χ2v) is 7.90. The monoisotopic (exact) mass is 383 g/mol. The van der Waals surface area contributed by atoms with Gasteiger partial charge in [0.05, 0.1) is 24.5 Å². The van der Waals surface area contributed by atoms with Crippen molar-refractivity contribution in [1.29, 1.82) is 0 Å². The third kappa shape index (κ3) is 4.25. The first-order valence-electron chi connectivity index (χ1n) is 10.2. The molecule has 0 aromatic carbocycles. The fourth-order valence-electron chi connectivity index (χ4n) is 4.27. The number of aromatic nitrogens is 3. The molecule has 0 N–H and O–H groups in total. The number of fused-ring (bicyclic) bond motifs is 1. The van der Waals surface area contributed by atoms with E-state index in [1.54, 1.807) is 11.1 Å². The lowest BCUT2D eigenvalue weighted by Crippen LogP contribution is -2.42. The van der Waals surface area contributed by atoms with Gasteiger partial charge in [0.25, 0.3) is 5.91 Å². The molecule has 150 valence electrons. The number of ether oxygens (including phenoxy) is 1. The fraction of sp³-hybridized carbons (Fsp3) is 0.571. The molecule has 2 aromatic heterocycles. The number of pyridine rings is 1. The number of likely N-dealkylation sites (N-methyl/N-ethyl adjacent to an activating group) is 1. The van der Waals surface area contributed by atoms with E-state index in [9.17, 15) is 4.79 Å². The lowest BCUT2D eigenvalue weighted by molar-refractivity contribution is -0.143. The van der Waals surface area contributed by atoms with Crippen LogP contribution in [-0.2, 0) is 29.2 Å². The second kappa shape index (κ2) is 8.41. The summed E-state index contributed by atoms with van der Waals surface area (Å²) in [6.07, 6.45) is 7.55. The van der Waals surface area contributed by atoms with Gasteiger partial charge in [0.15, 0.2) is 0 Å². The van der Waals surface area contributed by atoms with Crippen LogP contribution in [-0.4, -0.2) is 62.8 Å². The quantitative estimate of drug-likeness (QED) is 0.763. The Balaban J connectivity index is 1.31. The lowest BCUT2D eigenvalue weighted by Gasteiger charge is -2.33. The van der Waals surface area contributed by atoms with E-state index in [2.05, 4.69) is 28.1 Å². The topological polar surface area (TPSA) is 63.5 Å². The van der Waals surface area contributed by atoms with Crippen LogP contribution < -0.4 is 0 Å². The number of likely N-dealkylation sites (tertiary alicyclic amines) is 1. The molecule has 2 saturated heterocycles. The van der Waals surface area contributed by atoms with Crippen LogP contribution in [0, 0.1) is 5.92 Å². The number of hydrogen-bond donors (Lipinski definition) is 0.